The average molecular weight is 162 g/mol. The van der Waals surface area contributed by atoms with Gasteiger partial charge in [-0.2, -0.15) is 0 Å². The van der Waals surface area contributed by atoms with E-state index in [2.05, 4.69) is 11.9 Å². The fourth-order valence-corrected chi connectivity index (χ4v) is 1.40. The van der Waals surface area contributed by atoms with E-state index in [9.17, 15) is 0 Å². The highest BCUT2D eigenvalue weighted by atomic mass is 14.8. The van der Waals surface area contributed by atoms with Crippen LogP contribution in [0.1, 0.15) is 24.0 Å². The Labute approximate surface area is 72.8 Å². The number of hydrogen-bond acceptors (Lipinski definition) is 2. The molecule has 1 fully saturated rings. The van der Waals surface area contributed by atoms with Gasteiger partial charge in [-0.25, -0.2) is 0 Å². The van der Waals surface area contributed by atoms with Crippen LogP contribution < -0.4 is 5.73 Å². The number of hydrogen-bond donors (Lipinski definition) is 1. The normalized spacial score (nSPS) is 19.2. The van der Waals surface area contributed by atoms with E-state index in [0.29, 0.717) is 0 Å². The van der Waals surface area contributed by atoms with Gasteiger partial charge in [-0.05, 0) is 43.4 Å². The summed E-state index contributed by atoms with van der Waals surface area (Å²) in [6.07, 6.45) is 7.09. The number of pyridine rings is 1. The van der Waals surface area contributed by atoms with E-state index >= 15 is 0 Å². The second-order valence-electron chi connectivity index (χ2n) is 3.84. The minimum absolute atomic E-state index is 0.105. The minimum Gasteiger partial charge on any atom is -0.325 e. The van der Waals surface area contributed by atoms with Crippen LogP contribution in [-0.2, 0) is 6.42 Å². The molecule has 0 spiro atoms. The van der Waals surface area contributed by atoms with E-state index in [4.69, 9.17) is 5.73 Å². The van der Waals surface area contributed by atoms with Crippen LogP contribution in [0.3, 0.4) is 0 Å². The first-order valence-corrected chi connectivity index (χ1v) is 4.38. The summed E-state index contributed by atoms with van der Waals surface area (Å²) in [6.45, 7) is 2.11. The summed E-state index contributed by atoms with van der Waals surface area (Å²) in [5.41, 5.74) is 8.74. The van der Waals surface area contributed by atoms with Gasteiger partial charge in [-0.15, -0.1) is 0 Å². The van der Waals surface area contributed by atoms with Gasteiger partial charge in [0.05, 0.1) is 0 Å². The largest absolute Gasteiger partial charge is 0.325 e. The molecule has 0 atom stereocenters. The SMILES string of the molecule is Cc1ccncc1CC1(N)CC1. The highest BCUT2D eigenvalue weighted by Crippen LogP contribution is 2.35. The molecule has 0 bridgehead atoms. The number of aryl methyl sites for hydroxylation is 1. The molecule has 1 aromatic rings. The lowest BCUT2D eigenvalue weighted by Gasteiger charge is -2.09. The Bertz CT molecular complexity index is 290. The Morgan fingerprint density at radius 1 is 1.58 bits per heavy atom. The molecule has 2 rings (SSSR count). The third kappa shape index (κ3) is 1.48. The van der Waals surface area contributed by atoms with Crippen molar-refractivity contribution in [3.8, 4) is 0 Å². The van der Waals surface area contributed by atoms with Crippen LogP contribution in [0.15, 0.2) is 18.5 Å². The van der Waals surface area contributed by atoms with Crippen LogP contribution in [0.2, 0.25) is 0 Å². The third-order valence-electron chi connectivity index (χ3n) is 2.58. The fraction of sp³-hybridized carbons (Fsp3) is 0.500. The van der Waals surface area contributed by atoms with E-state index in [1.54, 1.807) is 0 Å². The molecule has 0 aromatic carbocycles. The van der Waals surface area contributed by atoms with Gasteiger partial charge in [0.1, 0.15) is 0 Å². The lowest BCUT2D eigenvalue weighted by molar-refractivity contribution is 0.667. The second-order valence-corrected chi connectivity index (χ2v) is 3.84. The van der Waals surface area contributed by atoms with Crippen molar-refractivity contribution in [1.29, 1.82) is 0 Å². The summed E-state index contributed by atoms with van der Waals surface area (Å²) in [5.74, 6) is 0. The summed E-state index contributed by atoms with van der Waals surface area (Å²) in [5, 5.41) is 0. The predicted molar refractivity (Wildman–Crippen MR) is 48.8 cm³/mol. The van der Waals surface area contributed by atoms with Crippen molar-refractivity contribution >= 4 is 0 Å². The Morgan fingerprint density at radius 3 is 2.92 bits per heavy atom. The van der Waals surface area contributed by atoms with E-state index in [1.807, 2.05) is 18.5 Å². The molecule has 0 aliphatic heterocycles. The molecule has 0 saturated heterocycles. The van der Waals surface area contributed by atoms with Crippen LogP contribution in [0, 0.1) is 6.92 Å². The number of rotatable bonds is 2. The molecule has 64 valence electrons. The van der Waals surface area contributed by atoms with E-state index in [1.165, 1.54) is 24.0 Å². The fourth-order valence-electron chi connectivity index (χ4n) is 1.40. The van der Waals surface area contributed by atoms with Crippen molar-refractivity contribution in [1.82, 2.24) is 4.98 Å². The molecule has 2 nitrogen and oxygen atoms in total. The first kappa shape index (κ1) is 7.74. The molecule has 0 amide bonds. The number of nitrogens with zero attached hydrogens (tertiary/aromatic N) is 1. The van der Waals surface area contributed by atoms with Crippen molar-refractivity contribution in [2.24, 2.45) is 5.73 Å². The predicted octanol–water partition coefficient (Wildman–Crippen LogP) is 1.42. The summed E-state index contributed by atoms with van der Waals surface area (Å²) in [4.78, 5) is 4.10. The molecular weight excluding hydrogens is 148 g/mol. The van der Waals surface area contributed by atoms with E-state index < -0.39 is 0 Å². The topological polar surface area (TPSA) is 38.9 Å². The zero-order chi connectivity index (χ0) is 8.60. The maximum absolute atomic E-state index is 6.02. The highest BCUT2D eigenvalue weighted by Gasteiger charge is 2.38. The van der Waals surface area contributed by atoms with E-state index in [0.717, 1.165) is 6.42 Å². The maximum Gasteiger partial charge on any atom is 0.0303 e. The van der Waals surface area contributed by atoms with Gasteiger partial charge < -0.3 is 5.73 Å². The lowest BCUT2D eigenvalue weighted by atomic mass is 10.0. The van der Waals surface area contributed by atoms with Crippen LogP contribution in [0.25, 0.3) is 0 Å². The first-order chi connectivity index (χ1) is 5.70. The van der Waals surface area contributed by atoms with Gasteiger partial charge in [0, 0.05) is 17.9 Å². The van der Waals surface area contributed by atoms with Crippen molar-refractivity contribution < 1.29 is 0 Å². The van der Waals surface area contributed by atoms with E-state index in [-0.39, 0.29) is 5.54 Å². The van der Waals surface area contributed by atoms with Gasteiger partial charge in [0.25, 0.3) is 0 Å². The smallest absolute Gasteiger partial charge is 0.0303 e. The summed E-state index contributed by atoms with van der Waals surface area (Å²) in [6, 6.07) is 2.04. The molecule has 12 heavy (non-hydrogen) atoms. The Hall–Kier alpha value is -0.890. The zero-order valence-corrected chi connectivity index (χ0v) is 7.38. The van der Waals surface area contributed by atoms with Gasteiger partial charge in [0.2, 0.25) is 0 Å². The van der Waals surface area contributed by atoms with Crippen molar-refractivity contribution in [3.63, 3.8) is 0 Å². The molecule has 1 saturated carbocycles. The maximum atomic E-state index is 6.02. The van der Waals surface area contributed by atoms with Crippen molar-refractivity contribution in [3.05, 3.63) is 29.6 Å². The summed E-state index contributed by atoms with van der Waals surface area (Å²) in [7, 11) is 0. The third-order valence-corrected chi connectivity index (χ3v) is 2.58. The lowest BCUT2D eigenvalue weighted by Crippen LogP contribution is -2.24. The van der Waals surface area contributed by atoms with Crippen LogP contribution >= 0.6 is 0 Å². The number of nitrogens with two attached hydrogens (primary N) is 1. The minimum atomic E-state index is 0.105. The quantitative estimate of drug-likeness (QED) is 0.714. The van der Waals surface area contributed by atoms with Gasteiger partial charge in [-0.1, -0.05) is 0 Å². The molecule has 2 heteroatoms. The monoisotopic (exact) mass is 162 g/mol. The molecule has 1 aliphatic rings. The number of aromatic nitrogens is 1. The summed E-state index contributed by atoms with van der Waals surface area (Å²) < 4.78 is 0. The van der Waals surface area contributed by atoms with Gasteiger partial charge >= 0.3 is 0 Å². The van der Waals surface area contributed by atoms with Crippen LogP contribution in [0.5, 0.6) is 0 Å². The Kier molecular flexibility index (Phi) is 1.65. The first-order valence-electron chi connectivity index (χ1n) is 4.38. The van der Waals surface area contributed by atoms with Crippen LogP contribution in [0.4, 0.5) is 0 Å². The molecule has 1 heterocycles. The second kappa shape index (κ2) is 2.56. The van der Waals surface area contributed by atoms with Crippen molar-refractivity contribution in [2.45, 2.75) is 31.7 Å². The molecule has 1 aromatic heterocycles. The zero-order valence-electron chi connectivity index (χ0n) is 7.38. The molecular formula is C10H14N2. The Morgan fingerprint density at radius 2 is 2.33 bits per heavy atom. The van der Waals surface area contributed by atoms with Gasteiger partial charge in [0.15, 0.2) is 0 Å². The molecule has 0 unspecified atom stereocenters. The van der Waals surface area contributed by atoms with Crippen LogP contribution in [-0.4, -0.2) is 10.5 Å². The van der Waals surface area contributed by atoms with Crippen molar-refractivity contribution in [2.75, 3.05) is 0 Å². The Balaban J connectivity index is 2.17. The molecule has 1 aliphatic carbocycles. The molecule has 2 N–H and O–H groups in total. The molecule has 0 radical (unpaired) electrons. The van der Waals surface area contributed by atoms with Gasteiger partial charge in [-0.3, -0.25) is 4.98 Å². The standard InChI is InChI=1S/C10H14N2/c1-8-2-5-12-7-9(8)6-10(11)3-4-10/h2,5,7H,3-4,6,11H2,1H3. The summed E-state index contributed by atoms with van der Waals surface area (Å²) >= 11 is 0. The highest BCUT2D eigenvalue weighted by molar-refractivity contribution is 5.25. The average Bonchev–Trinajstić information content (AvgIpc) is 2.74.